The van der Waals surface area contributed by atoms with Crippen LogP contribution in [-0.2, 0) is 4.74 Å². The third-order valence-electron chi connectivity index (χ3n) is 3.20. The average Bonchev–Trinajstić information content (AvgIpc) is 2.78. The van der Waals surface area contributed by atoms with Gasteiger partial charge in [-0.05, 0) is 25.3 Å². The van der Waals surface area contributed by atoms with Crippen LogP contribution in [0.4, 0.5) is 0 Å². The van der Waals surface area contributed by atoms with Crippen molar-refractivity contribution in [3.8, 4) is 0 Å². The molecule has 0 aliphatic carbocycles. The highest BCUT2D eigenvalue weighted by Gasteiger charge is 2.41. The Morgan fingerprint density at radius 2 is 2.43 bits per heavy atom. The molecule has 0 aromatic carbocycles. The van der Waals surface area contributed by atoms with Crippen LogP contribution in [0, 0.1) is 0 Å². The van der Waals surface area contributed by atoms with Crippen LogP contribution < -0.4 is 5.69 Å². The molecule has 0 spiro atoms. The number of nitrogens with one attached hydrogen (secondary N) is 1. The zero-order valence-electron chi connectivity index (χ0n) is 7.77. The number of nitrogens with zero attached hydrogens (tertiary/aromatic N) is 1. The molecule has 4 nitrogen and oxygen atoms in total. The second-order valence-corrected chi connectivity index (χ2v) is 4.05. The van der Waals surface area contributed by atoms with Gasteiger partial charge >= 0.3 is 5.69 Å². The van der Waals surface area contributed by atoms with E-state index in [-0.39, 0.29) is 5.69 Å². The largest absolute Gasteiger partial charge is 0.374 e. The molecule has 4 heteroatoms. The summed E-state index contributed by atoms with van der Waals surface area (Å²) in [7, 11) is 0. The van der Waals surface area contributed by atoms with Gasteiger partial charge in [0, 0.05) is 17.8 Å². The molecule has 1 aromatic rings. The van der Waals surface area contributed by atoms with E-state index in [9.17, 15) is 4.79 Å². The fourth-order valence-corrected chi connectivity index (χ4v) is 2.56. The van der Waals surface area contributed by atoms with E-state index < -0.39 is 0 Å². The Morgan fingerprint density at radius 3 is 3.07 bits per heavy atom. The minimum Gasteiger partial charge on any atom is -0.374 e. The molecule has 1 aromatic heterocycles. The van der Waals surface area contributed by atoms with Crippen molar-refractivity contribution in [2.24, 2.45) is 0 Å². The fourth-order valence-electron chi connectivity index (χ4n) is 2.56. The standard InChI is InChI=1S/C10H12N2O2/c13-10-11-4-3-8(12-10)7-5-6-1-2-9(7)14-6/h3-4,6-7,9H,1-2,5H2,(H,11,12,13). The van der Waals surface area contributed by atoms with Crippen molar-refractivity contribution in [2.45, 2.75) is 37.4 Å². The Labute approximate surface area is 81.3 Å². The minimum atomic E-state index is -0.259. The molecule has 2 aliphatic rings. The minimum absolute atomic E-state index is 0.259. The van der Waals surface area contributed by atoms with Gasteiger partial charge in [0.25, 0.3) is 0 Å². The van der Waals surface area contributed by atoms with Gasteiger partial charge in [-0.15, -0.1) is 0 Å². The SMILES string of the molecule is O=c1nccc(C2CC3CCC2O3)[nH]1. The first kappa shape index (κ1) is 8.17. The molecular weight excluding hydrogens is 180 g/mol. The van der Waals surface area contributed by atoms with Crippen LogP contribution in [0.3, 0.4) is 0 Å². The third-order valence-corrected chi connectivity index (χ3v) is 3.20. The van der Waals surface area contributed by atoms with Gasteiger partial charge in [0.2, 0.25) is 0 Å². The number of ether oxygens (including phenoxy) is 1. The smallest absolute Gasteiger partial charge is 0.345 e. The maximum Gasteiger partial charge on any atom is 0.345 e. The van der Waals surface area contributed by atoms with Gasteiger partial charge < -0.3 is 9.72 Å². The van der Waals surface area contributed by atoms with Crippen LogP contribution in [0.5, 0.6) is 0 Å². The van der Waals surface area contributed by atoms with Crippen LogP contribution >= 0.6 is 0 Å². The summed E-state index contributed by atoms with van der Waals surface area (Å²) in [5.74, 6) is 0.379. The van der Waals surface area contributed by atoms with Gasteiger partial charge in [-0.1, -0.05) is 0 Å². The molecule has 0 saturated carbocycles. The van der Waals surface area contributed by atoms with Gasteiger partial charge in [-0.3, -0.25) is 0 Å². The van der Waals surface area contributed by atoms with E-state index in [0.717, 1.165) is 18.5 Å². The molecule has 0 amide bonds. The zero-order chi connectivity index (χ0) is 9.54. The highest BCUT2D eigenvalue weighted by atomic mass is 16.5. The third kappa shape index (κ3) is 1.18. The Balaban J connectivity index is 1.93. The molecule has 2 saturated heterocycles. The molecule has 3 atom stereocenters. The Bertz CT molecular complexity index is 401. The molecule has 74 valence electrons. The van der Waals surface area contributed by atoms with Gasteiger partial charge in [0.15, 0.2) is 0 Å². The number of fused-ring (bicyclic) bond motifs is 2. The molecule has 1 N–H and O–H groups in total. The Hall–Kier alpha value is -1.16. The van der Waals surface area contributed by atoms with Gasteiger partial charge in [-0.2, -0.15) is 0 Å². The molecule has 3 heterocycles. The lowest BCUT2D eigenvalue weighted by Crippen LogP contribution is -2.20. The lowest BCUT2D eigenvalue weighted by molar-refractivity contribution is 0.100. The molecule has 3 unspecified atom stereocenters. The van der Waals surface area contributed by atoms with Crippen molar-refractivity contribution in [3.63, 3.8) is 0 Å². The van der Waals surface area contributed by atoms with Crippen LogP contribution in [-0.4, -0.2) is 22.2 Å². The number of hydrogen-bond acceptors (Lipinski definition) is 3. The number of H-pyrrole nitrogens is 1. The predicted molar refractivity (Wildman–Crippen MR) is 50.1 cm³/mol. The van der Waals surface area contributed by atoms with Gasteiger partial charge in [0.1, 0.15) is 0 Å². The second-order valence-electron chi connectivity index (χ2n) is 4.05. The number of hydrogen-bond donors (Lipinski definition) is 1. The predicted octanol–water partition coefficient (Wildman–Crippen LogP) is 0.805. The first-order valence-electron chi connectivity index (χ1n) is 5.03. The Kier molecular flexibility index (Phi) is 1.70. The van der Waals surface area contributed by atoms with Crippen LogP contribution in [0.25, 0.3) is 0 Å². The van der Waals surface area contributed by atoms with Crippen molar-refractivity contribution in [1.29, 1.82) is 0 Å². The summed E-state index contributed by atoms with van der Waals surface area (Å²) in [5, 5.41) is 0. The summed E-state index contributed by atoms with van der Waals surface area (Å²) in [4.78, 5) is 17.5. The highest BCUT2D eigenvalue weighted by Crippen LogP contribution is 2.43. The molecule has 2 aliphatic heterocycles. The number of aromatic amines is 1. The normalized spacial score (nSPS) is 35.0. The number of rotatable bonds is 1. The van der Waals surface area contributed by atoms with Gasteiger partial charge in [-0.25, -0.2) is 9.78 Å². The van der Waals surface area contributed by atoms with Crippen molar-refractivity contribution < 1.29 is 4.74 Å². The summed E-state index contributed by atoms with van der Waals surface area (Å²) in [6.45, 7) is 0. The fraction of sp³-hybridized carbons (Fsp3) is 0.600. The molecule has 14 heavy (non-hydrogen) atoms. The quantitative estimate of drug-likeness (QED) is 0.716. The maximum atomic E-state index is 11.0. The average molecular weight is 192 g/mol. The first-order valence-corrected chi connectivity index (χ1v) is 5.03. The summed E-state index contributed by atoms with van der Waals surface area (Å²) in [6, 6.07) is 1.89. The van der Waals surface area contributed by atoms with Crippen LogP contribution in [0.2, 0.25) is 0 Å². The molecule has 0 radical (unpaired) electrons. The maximum absolute atomic E-state index is 11.0. The lowest BCUT2D eigenvalue weighted by atomic mass is 9.87. The van der Waals surface area contributed by atoms with E-state index in [4.69, 9.17) is 4.74 Å². The van der Waals surface area contributed by atoms with Crippen LogP contribution in [0.15, 0.2) is 17.1 Å². The highest BCUT2D eigenvalue weighted by molar-refractivity contribution is 5.13. The lowest BCUT2D eigenvalue weighted by Gasteiger charge is -2.17. The molecule has 3 rings (SSSR count). The Morgan fingerprint density at radius 1 is 1.50 bits per heavy atom. The van der Waals surface area contributed by atoms with Crippen molar-refractivity contribution in [1.82, 2.24) is 9.97 Å². The van der Waals surface area contributed by atoms with Crippen molar-refractivity contribution >= 4 is 0 Å². The van der Waals surface area contributed by atoms with E-state index in [2.05, 4.69) is 9.97 Å². The van der Waals surface area contributed by atoms with Crippen molar-refractivity contribution in [3.05, 3.63) is 28.4 Å². The summed E-state index contributed by atoms with van der Waals surface area (Å²) >= 11 is 0. The van der Waals surface area contributed by atoms with E-state index in [1.165, 1.54) is 6.42 Å². The second kappa shape index (κ2) is 2.92. The topological polar surface area (TPSA) is 55.0 Å². The van der Waals surface area contributed by atoms with E-state index >= 15 is 0 Å². The van der Waals surface area contributed by atoms with Gasteiger partial charge in [0.05, 0.1) is 12.2 Å². The molecular formula is C10H12N2O2. The summed E-state index contributed by atoms with van der Waals surface area (Å²) in [6.07, 6.45) is 5.65. The molecule has 2 bridgehead atoms. The summed E-state index contributed by atoms with van der Waals surface area (Å²) in [5.41, 5.74) is 0.725. The van der Waals surface area contributed by atoms with Crippen LogP contribution in [0.1, 0.15) is 30.9 Å². The monoisotopic (exact) mass is 192 g/mol. The number of aromatic nitrogens is 2. The zero-order valence-corrected chi connectivity index (χ0v) is 7.77. The summed E-state index contributed by atoms with van der Waals surface area (Å²) < 4.78 is 5.74. The van der Waals surface area contributed by atoms with E-state index in [1.807, 2.05) is 6.07 Å². The van der Waals surface area contributed by atoms with Crippen molar-refractivity contribution in [2.75, 3.05) is 0 Å². The first-order chi connectivity index (χ1) is 6.83. The van der Waals surface area contributed by atoms with E-state index in [1.54, 1.807) is 6.20 Å². The molecule has 2 fully saturated rings. The van der Waals surface area contributed by atoms with E-state index in [0.29, 0.717) is 18.1 Å².